The van der Waals surface area contributed by atoms with Gasteiger partial charge in [0.1, 0.15) is 5.56 Å². The van der Waals surface area contributed by atoms with Gasteiger partial charge in [-0.2, -0.15) is 0 Å². The molecule has 9 heteroatoms. The largest absolute Gasteiger partial charge is 0.409 e. The number of para-hydroxylation sites is 1. The Kier molecular flexibility index (Phi) is 6.63. The molecule has 0 fully saturated rings. The summed E-state index contributed by atoms with van der Waals surface area (Å²) >= 11 is 0. The minimum atomic E-state index is -0.504. The van der Waals surface area contributed by atoms with Crippen molar-refractivity contribution >= 4 is 28.1 Å². The minimum Gasteiger partial charge on any atom is -0.409 e. The molecule has 3 aromatic carbocycles. The highest BCUT2D eigenvalue weighted by molar-refractivity contribution is 6.07. The van der Waals surface area contributed by atoms with Gasteiger partial charge in [0.25, 0.3) is 5.56 Å². The van der Waals surface area contributed by atoms with E-state index in [0.29, 0.717) is 33.5 Å². The average molecular weight is 540 g/mol. The van der Waals surface area contributed by atoms with E-state index in [-0.39, 0.29) is 17.2 Å². The van der Waals surface area contributed by atoms with Crippen LogP contribution in [0.4, 0.5) is 5.82 Å². The van der Waals surface area contributed by atoms with Gasteiger partial charge < -0.3 is 16.3 Å². The number of hydrogen-bond acceptors (Lipinski definition) is 6. The first-order valence-electron chi connectivity index (χ1n) is 12.9. The van der Waals surface area contributed by atoms with Crippen LogP contribution in [-0.4, -0.2) is 30.2 Å². The minimum absolute atomic E-state index is 0.0818. The van der Waals surface area contributed by atoms with Gasteiger partial charge in [0, 0.05) is 34.9 Å². The molecule has 0 spiro atoms. The Morgan fingerprint density at radius 2 is 1.76 bits per heavy atom. The van der Waals surface area contributed by atoms with Crippen LogP contribution >= 0.6 is 0 Å². The third-order valence-electron chi connectivity index (χ3n) is 6.76. The van der Waals surface area contributed by atoms with Gasteiger partial charge in [-0.05, 0) is 54.8 Å². The van der Waals surface area contributed by atoms with Gasteiger partial charge in [-0.25, -0.2) is 9.50 Å². The van der Waals surface area contributed by atoms with Gasteiger partial charge >= 0.3 is 0 Å². The number of aromatic nitrogens is 4. The SMILES string of the molecule is CC(NC(=NO)c1c(N)nn2cccnc12)c1cc2cccc(C#Cc3ccccc3)c2c(=O)n1-c1ccccc1. The van der Waals surface area contributed by atoms with Gasteiger partial charge in [0.15, 0.2) is 17.3 Å². The molecule has 3 heterocycles. The van der Waals surface area contributed by atoms with Crippen molar-refractivity contribution < 1.29 is 5.21 Å². The van der Waals surface area contributed by atoms with Crippen molar-refractivity contribution in [1.82, 2.24) is 24.5 Å². The number of nitrogens with one attached hydrogen (secondary N) is 1. The second-order valence-corrected chi connectivity index (χ2v) is 9.39. The fourth-order valence-corrected chi connectivity index (χ4v) is 4.87. The van der Waals surface area contributed by atoms with E-state index in [1.165, 1.54) is 4.52 Å². The van der Waals surface area contributed by atoms with Gasteiger partial charge in [-0.3, -0.25) is 9.36 Å². The predicted octanol–water partition coefficient (Wildman–Crippen LogP) is 4.50. The van der Waals surface area contributed by atoms with Crippen molar-refractivity contribution in [2.24, 2.45) is 5.16 Å². The van der Waals surface area contributed by atoms with Gasteiger partial charge in [-0.1, -0.05) is 65.5 Å². The zero-order valence-electron chi connectivity index (χ0n) is 22.1. The Bertz CT molecular complexity index is 2040. The number of hydrogen-bond donors (Lipinski definition) is 3. The summed E-state index contributed by atoms with van der Waals surface area (Å²) < 4.78 is 3.16. The molecular weight excluding hydrogens is 514 g/mol. The van der Waals surface area contributed by atoms with Crippen LogP contribution in [-0.2, 0) is 0 Å². The number of fused-ring (bicyclic) bond motifs is 2. The van der Waals surface area contributed by atoms with Crippen LogP contribution in [0.2, 0.25) is 0 Å². The van der Waals surface area contributed by atoms with E-state index in [0.717, 1.165) is 10.9 Å². The number of nitrogen functional groups attached to an aromatic ring is 1. The third kappa shape index (κ3) is 4.75. The molecule has 0 aliphatic heterocycles. The summed E-state index contributed by atoms with van der Waals surface area (Å²) in [6, 6.07) is 27.8. The molecule has 0 bridgehead atoms. The Morgan fingerprint density at radius 3 is 2.51 bits per heavy atom. The zero-order valence-corrected chi connectivity index (χ0v) is 22.1. The molecule has 9 nitrogen and oxygen atoms in total. The van der Waals surface area contributed by atoms with E-state index in [4.69, 9.17) is 5.73 Å². The molecule has 0 amide bonds. The topological polar surface area (TPSA) is 123 Å². The molecule has 0 saturated heterocycles. The molecule has 200 valence electrons. The first-order valence-corrected chi connectivity index (χ1v) is 12.9. The summed E-state index contributed by atoms with van der Waals surface area (Å²) in [4.78, 5) is 18.6. The number of nitrogens with zero attached hydrogens (tertiary/aromatic N) is 5. The number of nitrogens with two attached hydrogens (primary N) is 1. The van der Waals surface area contributed by atoms with Crippen molar-refractivity contribution in [1.29, 1.82) is 0 Å². The van der Waals surface area contributed by atoms with Gasteiger partial charge in [-0.15, -0.1) is 5.10 Å². The molecule has 0 saturated carbocycles. The number of pyridine rings is 1. The number of benzene rings is 3. The smallest absolute Gasteiger partial charge is 0.264 e. The fraction of sp³-hybridized carbons (Fsp3) is 0.0625. The van der Waals surface area contributed by atoms with Crippen LogP contribution in [0, 0.1) is 11.8 Å². The lowest BCUT2D eigenvalue weighted by atomic mass is 10.0. The summed E-state index contributed by atoms with van der Waals surface area (Å²) in [5.41, 5.74) is 9.58. The molecule has 1 unspecified atom stereocenters. The summed E-state index contributed by atoms with van der Waals surface area (Å²) in [7, 11) is 0. The van der Waals surface area contributed by atoms with Crippen LogP contribution < -0.4 is 16.6 Å². The first-order chi connectivity index (χ1) is 20.0. The summed E-state index contributed by atoms with van der Waals surface area (Å²) in [5.74, 6) is 6.59. The highest BCUT2D eigenvalue weighted by Gasteiger charge is 2.23. The molecule has 3 aromatic heterocycles. The van der Waals surface area contributed by atoms with E-state index >= 15 is 0 Å². The molecule has 41 heavy (non-hydrogen) atoms. The van der Waals surface area contributed by atoms with Gasteiger partial charge in [0.05, 0.1) is 11.4 Å². The Morgan fingerprint density at radius 1 is 1.00 bits per heavy atom. The second kappa shape index (κ2) is 10.7. The van der Waals surface area contributed by atoms with E-state index < -0.39 is 6.04 Å². The lowest BCUT2D eigenvalue weighted by Gasteiger charge is -2.22. The molecule has 0 radical (unpaired) electrons. The Balaban J connectivity index is 1.50. The van der Waals surface area contributed by atoms with Crippen LogP contribution in [0.3, 0.4) is 0 Å². The number of rotatable bonds is 4. The van der Waals surface area contributed by atoms with Crippen molar-refractivity contribution in [2.45, 2.75) is 13.0 Å². The monoisotopic (exact) mass is 539 g/mol. The maximum Gasteiger partial charge on any atom is 0.264 e. The highest BCUT2D eigenvalue weighted by atomic mass is 16.4. The predicted molar refractivity (Wildman–Crippen MR) is 159 cm³/mol. The van der Waals surface area contributed by atoms with Crippen LogP contribution in [0.25, 0.3) is 22.1 Å². The fourth-order valence-electron chi connectivity index (χ4n) is 4.87. The van der Waals surface area contributed by atoms with E-state index in [1.54, 1.807) is 23.0 Å². The lowest BCUT2D eigenvalue weighted by Crippen LogP contribution is -2.33. The summed E-state index contributed by atoms with van der Waals surface area (Å²) in [6.07, 6.45) is 3.31. The average Bonchev–Trinajstić information content (AvgIpc) is 3.34. The molecule has 1 atom stereocenters. The number of amidine groups is 1. The van der Waals surface area contributed by atoms with E-state index in [1.807, 2.05) is 91.9 Å². The van der Waals surface area contributed by atoms with Crippen molar-refractivity contribution in [3.8, 4) is 17.5 Å². The quantitative estimate of drug-likeness (QED) is 0.0997. The van der Waals surface area contributed by atoms with Crippen molar-refractivity contribution in [3.05, 3.63) is 136 Å². The standard InChI is InChI=1S/C32H25N7O2/c1-21(35-30(37-41)28-29(33)36-38-19-9-18-34-31(28)38)26-20-24-13-8-12-23(17-16-22-10-4-2-5-11-22)27(24)32(40)39(26)25-14-6-3-7-15-25/h2-15,18-21,41H,1H3,(H2,33,36)(H,35,37). The Hall–Kier alpha value is -5.88. The van der Waals surface area contributed by atoms with Crippen molar-refractivity contribution in [3.63, 3.8) is 0 Å². The molecule has 6 aromatic rings. The molecule has 0 aliphatic rings. The van der Waals surface area contributed by atoms with Crippen molar-refractivity contribution in [2.75, 3.05) is 5.73 Å². The maximum atomic E-state index is 14.2. The summed E-state index contributed by atoms with van der Waals surface area (Å²) in [6.45, 7) is 1.87. The van der Waals surface area contributed by atoms with Crippen LogP contribution in [0.15, 0.2) is 113 Å². The van der Waals surface area contributed by atoms with Crippen LogP contribution in [0.5, 0.6) is 0 Å². The Labute approximate surface area is 235 Å². The van der Waals surface area contributed by atoms with E-state index in [9.17, 15) is 10.0 Å². The normalized spacial score (nSPS) is 12.2. The first kappa shape index (κ1) is 25.4. The highest BCUT2D eigenvalue weighted by Crippen LogP contribution is 2.25. The number of anilines is 1. The number of oxime groups is 1. The van der Waals surface area contributed by atoms with Gasteiger partial charge in [0.2, 0.25) is 0 Å². The molecule has 0 aliphatic carbocycles. The second-order valence-electron chi connectivity index (χ2n) is 9.39. The molecule has 4 N–H and O–H groups in total. The van der Waals surface area contributed by atoms with Crippen LogP contribution in [0.1, 0.15) is 35.3 Å². The maximum absolute atomic E-state index is 14.2. The summed E-state index contributed by atoms with van der Waals surface area (Å²) in [5, 5.41) is 22.2. The third-order valence-corrected chi connectivity index (χ3v) is 6.76. The molecular formula is C32H25N7O2. The lowest BCUT2D eigenvalue weighted by molar-refractivity contribution is 0.316. The zero-order chi connectivity index (χ0) is 28.3. The van der Waals surface area contributed by atoms with E-state index in [2.05, 4.69) is 32.4 Å². The molecule has 6 rings (SSSR count).